The van der Waals surface area contributed by atoms with Crippen LogP contribution < -0.4 is 11.1 Å². The van der Waals surface area contributed by atoms with E-state index in [2.05, 4.69) is 17.1 Å². The second kappa shape index (κ2) is 5.47. The number of piperidine rings is 1. The van der Waals surface area contributed by atoms with Crippen LogP contribution in [0.3, 0.4) is 0 Å². The summed E-state index contributed by atoms with van der Waals surface area (Å²) in [5.74, 6) is 0.682. The van der Waals surface area contributed by atoms with E-state index in [1.165, 1.54) is 0 Å². The highest BCUT2D eigenvalue weighted by atomic mass is 16.2. The van der Waals surface area contributed by atoms with Gasteiger partial charge in [-0.05, 0) is 32.7 Å². The van der Waals surface area contributed by atoms with Gasteiger partial charge in [-0.2, -0.15) is 0 Å². The van der Waals surface area contributed by atoms with Crippen LogP contribution in [-0.2, 0) is 4.79 Å². The third-order valence-corrected chi connectivity index (χ3v) is 3.33. The molecule has 1 rings (SSSR count). The second-order valence-corrected chi connectivity index (χ2v) is 4.50. The smallest absolute Gasteiger partial charge is 0.237 e. The highest BCUT2D eigenvalue weighted by Crippen LogP contribution is 2.17. The Bertz CT molecular complexity index is 220. The van der Waals surface area contributed by atoms with Gasteiger partial charge >= 0.3 is 0 Å². The first-order chi connectivity index (χ1) is 7.06. The lowest BCUT2D eigenvalue weighted by molar-refractivity contribution is -0.126. The largest absolute Gasteiger partial charge is 0.355 e. The molecular formula is C11H23N3O. The van der Waals surface area contributed by atoms with Crippen LogP contribution in [0.1, 0.15) is 27.2 Å². The zero-order chi connectivity index (χ0) is 11.4. The van der Waals surface area contributed by atoms with Crippen molar-refractivity contribution in [2.24, 2.45) is 11.7 Å². The Morgan fingerprint density at radius 1 is 1.67 bits per heavy atom. The fraction of sp³-hybridized carbons (Fsp3) is 0.909. The summed E-state index contributed by atoms with van der Waals surface area (Å²) in [6, 6.07) is 0.152. The van der Waals surface area contributed by atoms with Crippen molar-refractivity contribution in [3.05, 3.63) is 0 Å². The van der Waals surface area contributed by atoms with Gasteiger partial charge in [0.05, 0.1) is 6.04 Å². The zero-order valence-corrected chi connectivity index (χ0v) is 9.99. The molecule has 1 fully saturated rings. The molecule has 1 saturated heterocycles. The van der Waals surface area contributed by atoms with Crippen molar-refractivity contribution < 1.29 is 4.79 Å². The lowest BCUT2D eigenvalue weighted by Gasteiger charge is -2.37. The average molecular weight is 213 g/mol. The molecule has 0 bridgehead atoms. The van der Waals surface area contributed by atoms with E-state index in [9.17, 15) is 4.79 Å². The molecule has 88 valence electrons. The fourth-order valence-corrected chi connectivity index (χ4v) is 1.97. The van der Waals surface area contributed by atoms with Crippen LogP contribution >= 0.6 is 0 Å². The van der Waals surface area contributed by atoms with Gasteiger partial charge in [0.25, 0.3) is 0 Å². The molecule has 0 aromatic rings. The van der Waals surface area contributed by atoms with Gasteiger partial charge in [0, 0.05) is 19.1 Å². The first kappa shape index (κ1) is 12.5. The van der Waals surface area contributed by atoms with E-state index in [4.69, 9.17) is 5.73 Å². The number of hydrogen-bond donors (Lipinski definition) is 2. The molecule has 1 heterocycles. The minimum atomic E-state index is -0.0523. The summed E-state index contributed by atoms with van der Waals surface area (Å²) in [4.78, 5) is 13.8. The summed E-state index contributed by atoms with van der Waals surface area (Å²) in [5, 5.41) is 2.85. The van der Waals surface area contributed by atoms with Gasteiger partial charge in [-0.25, -0.2) is 0 Å². The van der Waals surface area contributed by atoms with Gasteiger partial charge in [0.15, 0.2) is 0 Å². The Labute approximate surface area is 92.2 Å². The number of carbonyl (C=O) groups excluding carboxylic acids is 1. The number of amides is 1. The topological polar surface area (TPSA) is 58.4 Å². The number of nitrogens with two attached hydrogens (primary N) is 1. The third kappa shape index (κ3) is 3.18. The van der Waals surface area contributed by atoms with Crippen molar-refractivity contribution in [2.75, 3.05) is 19.6 Å². The van der Waals surface area contributed by atoms with Gasteiger partial charge in [-0.3, -0.25) is 9.69 Å². The number of likely N-dealkylation sites (N-methyl/N-ethyl adjacent to an activating group) is 1. The molecule has 4 nitrogen and oxygen atoms in total. The molecule has 3 N–H and O–H groups in total. The van der Waals surface area contributed by atoms with Crippen LogP contribution in [0.5, 0.6) is 0 Å². The molecular weight excluding hydrogens is 190 g/mol. The highest BCUT2D eigenvalue weighted by molar-refractivity contribution is 5.81. The molecule has 0 aromatic heterocycles. The number of nitrogens with one attached hydrogen (secondary N) is 1. The molecule has 3 atom stereocenters. The van der Waals surface area contributed by atoms with Crippen molar-refractivity contribution in [3.63, 3.8) is 0 Å². The summed E-state index contributed by atoms with van der Waals surface area (Å²) in [6.07, 6.45) is 1.09. The second-order valence-electron chi connectivity index (χ2n) is 4.50. The molecule has 0 aliphatic carbocycles. The van der Waals surface area contributed by atoms with E-state index < -0.39 is 0 Å². The van der Waals surface area contributed by atoms with Crippen molar-refractivity contribution in [2.45, 2.75) is 39.3 Å². The van der Waals surface area contributed by atoms with Crippen LogP contribution in [0.15, 0.2) is 0 Å². The third-order valence-electron chi connectivity index (χ3n) is 3.33. The Morgan fingerprint density at radius 2 is 2.33 bits per heavy atom. The fourth-order valence-electron chi connectivity index (χ4n) is 1.97. The van der Waals surface area contributed by atoms with Crippen molar-refractivity contribution in [3.8, 4) is 0 Å². The zero-order valence-electron chi connectivity index (χ0n) is 9.99. The number of rotatable bonds is 3. The van der Waals surface area contributed by atoms with Gasteiger partial charge in [-0.15, -0.1) is 0 Å². The molecule has 0 radical (unpaired) electrons. The van der Waals surface area contributed by atoms with Crippen LogP contribution in [-0.4, -0.2) is 42.5 Å². The lowest BCUT2D eigenvalue weighted by atomic mass is 9.93. The van der Waals surface area contributed by atoms with Crippen LogP contribution in [0.4, 0.5) is 0 Å². The van der Waals surface area contributed by atoms with E-state index in [-0.39, 0.29) is 18.0 Å². The van der Waals surface area contributed by atoms with E-state index in [0.717, 1.165) is 19.5 Å². The molecule has 1 aliphatic heterocycles. The average Bonchev–Trinajstić information content (AvgIpc) is 2.21. The predicted octanol–water partition coefficient (Wildman–Crippen LogP) is 0.180. The standard InChI is InChI=1S/C11H23N3O/c1-4-13-11(15)9(3)14-6-5-8(2)10(12)7-14/h8-10H,4-7,12H2,1-3H3,(H,13,15). The molecule has 1 aliphatic rings. The Morgan fingerprint density at radius 3 is 2.87 bits per heavy atom. The highest BCUT2D eigenvalue weighted by Gasteiger charge is 2.28. The van der Waals surface area contributed by atoms with Gasteiger partial charge < -0.3 is 11.1 Å². The summed E-state index contributed by atoms with van der Waals surface area (Å²) in [7, 11) is 0. The summed E-state index contributed by atoms with van der Waals surface area (Å²) in [6.45, 7) is 8.58. The van der Waals surface area contributed by atoms with Gasteiger partial charge in [-0.1, -0.05) is 6.92 Å². The van der Waals surface area contributed by atoms with E-state index in [0.29, 0.717) is 12.5 Å². The maximum atomic E-state index is 11.6. The van der Waals surface area contributed by atoms with Crippen LogP contribution in [0.25, 0.3) is 0 Å². The van der Waals surface area contributed by atoms with Crippen molar-refractivity contribution in [1.29, 1.82) is 0 Å². The molecule has 1 amide bonds. The molecule has 3 unspecified atom stereocenters. The maximum absolute atomic E-state index is 11.6. The van der Waals surface area contributed by atoms with Gasteiger partial charge in [0.1, 0.15) is 0 Å². The summed E-state index contributed by atoms with van der Waals surface area (Å²) >= 11 is 0. The number of hydrogen-bond acceptors (Lipinski definition) is 3. The maximum Gasteiger partial charge on any atom is 0.237 e. The van der Waals surface area contributed by atoms with E-state index >= 15 is 0 Å². The van der Waals surface area contributed by atoms with E-state index in [1.807, 2.05) is 13.8 Å². The van der Waals surface area contributed by atoms with Crippen molar-refractivity contribution in [1.82, 2.24) is 10.2 Å². The summed E-state index contributed by atoms with van der Waals surface area (Å²) < 4.78 is 0. The minimum Gasteiger partial charge on any atom is -0.355 e. The monoisotopic (exact) mass is 213 g/mol. The normalized spacial score (nSPS) is 29.9. The number of nitrogens with zero attached hydrogens (tertiary/aromatic N) is 1. The molecule has 0 aromatic carbocycles. The number of carbonyl (C=O) groups is 1. The predicted molar refractivity (Wildman–Crippen MR) is 61.5 cm³/mol. The molecule has 15 heavy (non-hydrogen) atoms. The Hall–Kier alpha value is -0.610. The van der Waals surface area contributed by atoms with Crippen LogP contribution in [0, 0.1) is 5.92 Å². The first-order valence-corrected chi connectivity index (χ1v) is 5.83. The van der Waals surface area contributed by atoms with E-state index in [1.54, 1.807) is 0 Å². The first-order valence-electron chi connectivity index (χ1n) is 5.83. The summed E-state index contributed by atoms with van der Waals surface area (Å²) in [5.41, 5.74) is 6.01. The van der Waals surface area contributed by atoms with Crippen LogP contribution in [0.2, 0.25) is 0 Å². The molecule has 0 spiro atoms. The Balaban J connectivity index is 2.46. The van der Waals surface area contributed by atoms with Crippen molar-refractivity contribution >= 4 is 5.91 Å². The number of likely N-dealkylation sites (tertiary alicyclic amines) is 1. The molecule has 4 heteroatoms. The Kier molecular flexibility index (Phi) is 4.54. The van der Waals surface area contributed by atoms with Gasteiger partial charge in [0.2, 0.25) is 5.91 Å². The quantitative estimate of drug-likeness (QED) is 0.703. The molecule has 0 saturated carbocycles. The SMILES string of the molecule is CCNC(=O)C(C)N1CCC(C)C(N)C1. The minimum absolute atomic E-state index is 0.0523. The lowest BCUT2D eigenvalue weighted by Crippen LogP contribution is -2.54.